The predicted octanol–water partition coefficient (Wildman–Crippen LogP) is 3.72. The molecule has 1 N–H and O–H groups in total. The number of carbonyl (C=O) groups is 1. The maximum absolute atomic E-state index is 12.5. The fourth-order valence-corrected chi connectivity index (χ4v) is 2.84. The van der Waals surface area contributed by atoms with E-state index in [1.54, 1.807) is 6.92 Å². The number of hydrogen-bond donors (Lipinski definition) is 1. The second kappa shape index (κ2) is 7.68. The van der Waals surface area contributed by atoms with Crippen molar-refractivity contribution in [2.24, 2.45) is 0 Å². The van der Waals surface area contributed by atoms with Gasteiger partial charge in [0.25, 0.3) is 5.91 Å². The molecule has 0 aromatic heterocycles. The molecule has 1 amide bonds. The minimum atomic E-state index is -0.588. The molecule has 1 heterocycles. The third-order valence-electron chi connectivity index (χ3n) is 4.65. The second-order valence-corrected chi connectivity index (χ2v) is 6.59. The summed E-state index contributed by atoms with van der Waals surface area (Å²) in [4.78, 5) is 12.5. The number of ether oxygens (including phenoxy) is 3. The summed E-state index contributed by atoms with van der Waals surface area (Å²) in [5.74, 6) is 2.03. The van der Waals surface area contributed by atoms with E-state index >= 15 is 0 Å². The van der Waals surface area contributed by atoms with Gasteiger partial charge in [-0.15, -0.1) is 0 Å². The van der Waals surface area contributed by atoms with Gasteiger partial charge < -0.3 is 19.5 Å². The molecular formula is C21H25NO4. The van der Waals surface area contributed by atoms with Crippen LogP contribution in [0.5, 0.6) is 17.2 Å². The van der Waals surface area contributed by atoms with Crippen molar-refractivity contribution in [3.63, 3.8) is 0 Å². The molecule has 0 saturated carbocycles. The summed E-state index contributed by atoms with van der Waals surface area (Å²) in [7, 11) is 0. The Bertz CT molecular complexity index is 803. The Kier molecular flexibility index (Phi) is 5.35. The molecule has 0 unspecified atom stereocenters. The van der Waals surface area contributed by atoms with E-state index in [2.05, 4.69) is 5.32 Å². The lowest BCUT2D eigenvalue weighted by Crippen LogP contribution is -2.37. The standard InChI is InChI=1S/C21H25NO4/c1-13-6-5-7-18(14(13)2)26-16(4)21(23)22-15(3)17-8-9-19-20(12-17)25-11-10-24-19/h5-9,12,15-16H,10-11H2,1-4H3,(H,22,23)/t15-,16-/m0/s1. The zero-order valence-corrected chi connectivity index (χ0v) is 15.7. The van der Waals surface area contributed by atoms with Crippen LogP contribution in [0, 0.1) is 13.8 Å². The first-order valence-electron chi connectivity index (χ1n) is 8.88. The van der Waals surface area contributed by atoms with Crippen LogP contribution in [0.3, 0.4) is 0 Å². The number of amides is 1. The Morgan fingerprint density at radius 1 is 1.08 bits per heavy atom. The summed E-state index contributed by atoms with van der Waals surface area (Å²) in [6.45, 7) is 8.81. The normalized spacial score (nSPS) is 15.1. The first-order chi connectivity index (χ1) is 12.5. The highest BCUT2D eigenvalue weighted by Gasteiger charge is 2.20. The van der Waals surface area contributed by atoms with Crippen molar-refractivity contribution >= 4 is 5.91 Å². The van der Waals surface area contributed by atoms with Crippen LogP contribution in [0.25, 0.3) is 0 Å². The molecule has 0 saturated heterocycles. The van der Waals surface area contributed by atoms with Gasteiger partial charge in [-0.3, -0.25) is 4.79 Å². The molecule has 0 spiro atoms. The van der Waals surface area contributed by atoms with Crippen LogP contribution in [0.4, 0.5) is 0 Å². The molecule has 0 fully saturated rings. The highest BCUT2D eigenvalue weighted by molar-refractivity contribution is 5.81. The number of carbonyl (C=O) groups excluding carboxylic acids is 1. The van der Waals surface area contributed by atoms with Crippen molar-refractivity contribution in [3.8, 4) is 17.2 Å². The van der Waals surface area contributed by atoms with E-state index < -0.39 is 6.10 Å². The van der Waals surface area contributed by atoms with E-state index in [1.165, 1.54) is 0 Å². The van der Waals surface area contributed by atoms with E-state index in [4.69, 9.17) is 14.2 Å². The molecular weight excluding hydrogens is 330 g/mol. The van der Waals surface area contributed by atoms with Crippen LogP contribution in [0.1, 0.15) is 36.6 Å². The highest BCUT2D eigenvalue weighted by Crippen LogP contribution is 2.32. The molecule has 138 valence electrons. The fourth-order valence-electron chi connectivity index (χ4n) is 2.84. The number of aryl methyl sites for hydroxylation is 1. The topological polar surface area (TPSA) is 56.8 Å². The third kappa shape index (κ3) is 3.93. The quantitative estimate of drug-likeness (QED) is 0.888. The van der Waals surface area contributed by atoms with Gasteiger partial charge in [0.2, 0.25) is 0 Å². The number of benzene rings is 2. The lowest BCUT2D eigenvalue weighted by Gasteiger charge is -2.22. The smallest absolute Gasteiger partial charge is 0.261 e. The van der Waals surface area contributed by atoms with Crippen LogP contribution in [-0.2, 0) is 4.79 Å². The third-order valence-corrected chi connectivity index (χ3v) is 4.65. The number of hydrogen-bond acceptors (Lipinski definition) is 4. The molecule has 0 bridgehead atoms. The van der Waals surface area contributed by atoms with Gasteiger partial charge in [-0.25, -0.2) is 0 Å². The van der Waals surface area contributed by atoms with Gasteiger partial charge in [0.05, 0.1) is 6.04 Å². The van der Waals surface area contributed by atoms with Crippen LogP contribution in [0.2, 0.25) is 0 Å². The number of rotatable bonds is 5. The first-order valence-corrected chi connectivity index (χ1v) is 8.88. The second-order valence-electron chi connectivity index (χ2n) is 6.59. The fraction of sp³-hybridized carbons (Fsp3) is 0.381. The van der Waals surface area contributed by atoms with Crippen molar-refractivity contribution in [1.29, 1.82) is 0 Å². The van der Waals surface area contributed by atoms with Crippen LogP contribution in [-0.4, -0.2) is 25.2 Å². The summed E-state index contributed by atoms with van der Waals surface area (Å²) >= 11 is 0. The lowest BCUT2D eigenvalue weighted by atomic mass is 10.1. The van der Waals surface area contributed by atoms with Gasteiger partial charge in [-0.1, -0.05) is 18.2 Å². The average Bonchev–Trinajstić information content (AvgIpc) is 2.64. The molecule has 5 nitrogen and oxygen atoms in total. The van der Waals surface area contributed by atoms with Gasteiger partial charge >= 0.3 is 0 Å². The molecule has 1 aliphatic rings. The van der Waals surface area contributed by atoms with E-state index in [9.17, 15) is 4.79 Å². The number of nitrogens with one attached hydrogen (secondary N) is 1. The molecule has 0 radical (unpaired) electrons. The van der Waals surface area contributed by atoms with Gasteiger partial charge in [-0.2, -0.15) is 0 Å². The van der Waals surface area contributed by atoms with Crippen molar-refractivity contribution in [1.82, 2.24) is 5.32 Å². The Morgan fingerprint density at radius 2 is 1.81 bits per heavy atom. The lowest BCUT2D eigenvalue weighted by molar-refractivity contribution is -0.127. The van der Waals surface area contributed by atoms with Gasteiger partial charge in [0, 0.05) is 0 Å². The van der Waals surface area contributed by atoms with Crippen LogP contribution >= 0.6 is 0 Å². The Morgan fingerprint density at radius 3 is 2.58 bits per heavy atom. The first kappa shape index (κ1) is 18.1. The van der Waals surface area contributed by atoms with E-state index in [0.717, 1.165) is 33.9 Å². The molecule has 2 aromatic carbocycles. The number of fused-ring (bicyclic) bond motifs is 1. The van der Waals surface area contributed by atoms with Crippen molar-refractivity contribution in [2.75, 3.05) is 13.2 Å². The average molecular weight is 355 g/mol. The highest BCUT2D eigenvalue weighted by atomic mass is 16.6. The molecule has 2 aromatic rings. The molecule has 0 aliphatic carbocycles. The predicted molar refractivity (Wildman–Crippen MR) is 100.0 cm³/mol. The summed E-state index contributed by atoms with van der Waals surface area (Å²) in [6.07, 6.45) is -0.588. The maximum atomic E-state index is 12.5. The van der Waals surface area contributed by atoms with Crippen LogP contribution in [0.15, 0.2) is 36.4 Å². The zero-order valence-electron chi connectivity index (χ0n) is 15.7. The van der Waals surface area contributed by atoms with Gasteiger partial charge in [-0.05, 0) is 62.6 Å². The SMILES string of the molecule is Cc1cccc(O[C@@H](C)C(=O)N[C@@H](C)c2ccc3c(c2)OCCO3)c1C. The molecule has 2 atom stereocenters. The summed E-state index contributed by atoms with van der Waals surface area (Å²) in [5, 5.41) is 3.00. The van der Waals surface area contributed by atoms with Crippen molar-refractivity contribution < 1.29 is 19.0 Å². The largest absolute Gasteiger partial charge is 0.486 e. The van der Waals surface area contributed by atoms with E-state index in [1.807, 2.05) is 57.2 Å². The maximum Gasteiger partial charge on any atom is 0.261 e. The Labute approximate surface area is 154 Å². The molecule has 5 heteroatoms. The Balaban J connectivity index is 1.64. The minimum absolute atomic E-state index is 0.159. The summed E-state index contributed by atoms with van der Waals surface area (Å²) in [6, 6.07) is 11.4. The van der Waals surface area contributed by atoms with Crippen molar-refractivity contribution in [2.45, 2.75) is 39.8 Å². The van der Waals surface area contributed by atoms with Gasteiger partial charge in [0.15, 0.2) is 17.6 Å². The summed E-state index contributed by atoms with van der Waals surface area (Å²) in [5.41, 5.74) is 3.15. The van der Waals surface area contributed by atoms with Gasteiger partial charge in [0.1, 0.15) is 19.0 Å². The molecule has 1 aliphatic heterocycles. The van der Waals surface area contributed by atoms with E-state index in [-0.39, 0.29) is 11.9 Å². The minimum Gasteiger partial charge on any atom is -0.486 e. The molecule has 26 heavy (non-hydrogen) atoms. The van der Waals surface area contributed by atoms with E-state index in [0.29, 0.717) is 13.2 Å². The Hall–Kier alpha value is -2.69. The molecule has 3 rings (SSSR count). The summed E-state index contributed by atoms with van der Waals surface area (Å²) < 4.78 is 17.0. The zero-order chi connectivity index (χ0) is 18.7. The van der Waals surface area contributed by atoms with Crippen LogP contribution < -0.4 is 19.5 Å². The monoisotopic (exact) mass is 355 g/mol. The van der Waals surface area contributed by atoms with Crippen molar-refractivity contribution in [3.05, 3.63) is 53.1 Å².